The largest absolute Gasteiger partial charge is 0.281 e. The highest BCUT2D eigenvalue weighted by atomic mass is 35.5. The molecule has 0 saturated carbocycles. The molecular formula is C18H13ClO. The quantitative estimate of drug-likeness (QED) is 0.632. The molecule has 0 N–H and O–H groups in total. The first kappa shape index (κ1) is 12.9. The zero-order valence-corrected chi connectivity index (χ0v) is 11.6. The Morgan fingerprint density at radius 2 is 1.40 bits per heavy atom. The minimum Gasteiger partial charge on any atom is -0.281 e. The van der Waals surface area contributed by atoms with E-state index in [0.29, 0.717) is 0 Å². The van der Waals surface area contributed by atoms with Gasteiger partial charge in [-0.3, -0.25) is 4.79 Å². The van der Waals surface area contributed by atoms with Gasteiger partial charge in [0.1, 0.15) is 0 Å². The van der Waals surface area contributed by atoms with Gasteiger partial charge in [0, 0.05) is 6.42 Å². The van der Waals surface area contributed by atoms with E-state index in [-0.39, 0.29) is 11.7 Å². The molecule has 1 aromatic carbocycles. The van der Waals surface area contributed by atoms with Gasteiger partial charge in [-0.2, -0.15) is 0 Å². The highest BCUT2D eigenvalue weighted by molar-refractivity contribution is 6.63. The van der Waals surface area contributed by atoms with Crippen LogP contribution in [0.2, 0.25) is 0 Å². The molecule has 0 unspecified atom stereocenters. The number of hydrogen-bond donors (Lipinski definition) is 0. The van der Waals surface area contributed by atoms with Gasteiger partial charge >= 0.3 is 0 Å². The molecule has 0 saturated heterocycles. The Labute approximate surface area is 123 Å². The van der Waals surface area contributed by atoms with Gasteiger partial charge in [0.15, 0.2) is 0 Å². The molecule has 0 aromatic heterocycles. The van der Waals surface area contributed by atoms with E-state index in [2.05, 4.69) is 24.3 Å². The van der Waals surface area contributed by atoms with Gasteiger partial charge in [0.25, 0.3) is 0 Å². The van der Waals surface area contributed by atoms with Crippen LogP contribution in [0.1, 0.15) is 5.56 Å². The number of fused-ring (bicyclic) bond motifs is 1. The van der Waals surface area contributed by atoms with Crippen molar-refractivity contribution < 1.29 is 4.79 Å². The van der Waals surface area contributed by atoms with Gasteiger partial charge < -0.3 is 0 Å². The van der Waals surface area contributed by atoms with Crippen LogP contribution in [0.15, 0.2) is 66.7 Å². The second-order valence-corrected chi connectivity index (χ2v) is 5.14. The SMILES string of the molecule is O=C(Cl)Cc1cc(-c2ccccc2)c2cccccc1-2. The van der Waals surface area contributed by atoms with E-state index in [0.717, 1.165) is 27.8 Å². The first-order valence-corrected chi connectivity index (χ1v) is 6.88. The zero-order valence-electron chi connectivity index (χ0n) is 10.8. The van der Waals surface area contributed by atoms with Crippen LogP contribution in [0.25, 0.3) is 22.3 Å². The van der Waals surface area contributed by atoms with Crippen LogP contribution in [0.5, 0.6) is 0 Å². The van der Waals surface area contributed by atoms with Crippen LogP contribution in [-0.4, -0.2) is 5.24 Å². The summed E-state index contributed by atoms with van der Waals surface area (Å²) >= 11 is 5.56. The molecule has 0 spiro atoms. The minimum atomic E-state index is -0.331. The monoisotopic (exact) mass is 280 g/mol. The number of carbonyl (C=O) groups excluding carboxylic acids is 1. The topological polar surface area (TPSA) is 17.1 Å². The lowest BCUT2D eigenvalue weighted by Crippen LogP contribution is -1.92. The number of rotatable bonds is 3. The van der Waals surface area contributed by atoms with Gasteiger partial charge in [-0.15, -0.1) is 0 Å². The van der Waals surface area contributed by atoms with E-state index in [4.69, 9.17) is 11.6 Å². The molecule has 0 amide bonds. The molecule has 2 heteroatoms. The lowest BCUT2D eigenvalue weighted by molar-refractivity contribution is -0.111. The van der Waals surface area contributed by atoms with Gasteiger partial charge in [-0.25, -0.2) is 0 Å². The molecule has 0 atom stereocenters. The first-order valence-electron chi connectivity index (χ1n) is 6.50. The van der Waals surface area contributed by atoms with E-state index in [1.54, 1.807) is 0 Å². The fourth-order valence-corrected chi connectivity index (χ4v) is 2.69. The molecule has 0 aliphatic heterocycles. The lowest BCUT2D eigenvalue weighted by Gasteiger charge is -2.01. The summed E-state index contributed by atoms with van der Waals surface area (Å²) in [4.78, 5) is 11.2. The maximum Gasteiger partial charge on any atom is 0.226 e. The molecule has 1 nitrogen and oxygen atoms in total. The summed E-state index contributed by atoms with van der Waals surface area (Å²) < 4.78 is 0. The van der Waals surface area contributed by atoms with Crippen LogP contribution in [0.4, 0.5) is 0 Å². The zero-order chi connectivity index (χ0) is 13.9. The van der Waals surface area contributed by atoms with Gasteiger partial charge in [-0.1, -0.05) is 60.7 Å². The Hall–Kier alpha value is -2.12. The molecule has 0 heterocycles. The fourth-order valence-electron chi connectivity index (χ4n) is 2.54. The van der Waals surface area contributed by atoms with Crippen molar-refractivity contribution in [2.75, 3.05) is 0 Å². The van der Waals surface area contributed by atoms with Crippen molar-refractivity contribution in [2.24, 2.45) is 0 Å². The molecule has 0 fully saturated rings. The van der Waals surface area contributed by atoms with Gasteiger partial charge in [-0.05, 0) is 45.5 Å². The third kappa shape index (κ3) is 2.45. The molecule has 1 aromatic rings. The summed E-state index contributed by atoms with van der Waals surface area (Å²) in [5.74, 6) is 0. The molecule has 0 radical (unpaired) electrons. The third-order valence-corrected chi connectivity index (χ3v) is 3.54. The first-order chi connectivity index (χ1) is 9.75. The minimum absolute atomic E-state index is 0.259. The average Bonchev–Trinajstić information content (AvgIpc) is 2.64. The number of hydrogen-bond acceptors (Lipinski definition) is 1. The number of benzene rings is 1. The van der Waals surface area contributed by atoms with Crippen molar-refractivity contribution >= 4 is 16.8 Å². The summed E-state index contributed by atoms with van der Waals surface area (Å²) in [6, 6.07) is 22.4. The third-order valence-electron chi connectivity index (χ3n) is 3.41. The van der Waals surface area contributed by atoms with Crippen LogP contribution >= 0.6 is 11.6 Å². The Morgan fingerprint density at radius 3 is 2.05 bits per heavy atom. The number of halogens is 1. The van der Waals surface area contributed by atoms with Crippen LogP contribution in [-0.2, 0) is 11.2 Å². The van der Waals surface area contributed by atoms with Crippen molar-refractivity contribution in [2.45, 2.75) is 6.42 Å². The Kier molecular flexibility index (Phi) is 3.53. The van der Waals surface area contributed by atoms with E-state index >= 15 is 0 Å². The second kappa shape index (κ2) is 5.48. The Balaban J connectivity index is 2.21. The highest BCUT2D eigenvalue weighted by Gasteiger charge is 2.16. The maximum absolute atomic E-state index is 11.2. The summed E-state index contributed by atoms with van der Waals surface area (Å²) in [6.45, 7) is 0. The Morgan fingerprint density at radius 1 is 0.800 bits per heavy atom. The predicted octanol–water partition coefficient (Wildman–Crippen LogP) is 4.77. The van der Waals surface area contributed by atoms with Crippen molar-refractivity contribution in [3.63, 3.8) is 0 Å². The molecule has 2 aliphatic rings. The summed E-state index contributed by atoms with van der Waals surface area (Å²) in [5.41, 5.74) is 5.51. The standard InChI is InChI=1S/C18H13ClO/c19-18(20)12-14-11-17(13-7-3-1-4-8-13)16-10-6-2-5-9-15(14)16/h1-11H,12H2. The van der Waals surface area contributed by atoms with Crippen molar-refractivity contribution in [3.8, 4) is 22.3 Å². The summed E-state index contributed by atoms with van der Waals surface area (Å²) in [5, 5.41) is -0.331. The predicted molar refractivity (Wildman–Crippen MR) is 83.1 cm³/mol. The maximum atomic E-state index is 11.2. The summed E-state index contributed by atoms with van der Waals surface area (Å²) in [6.07, 6.45) is 0.259. The molecule has 2 aliphatic carbocycles. The Bertz CT molecular complexity index is 719. The normalized spacial score (nSPS) is 10.7. The van der Waals surface area contributed by atoms with E-state index < -0.39 is 0 Å². The van der Waals surface area contributed by atoms with Gasteiger partial charge in [0.05, 0.1) is 0 Å². The average molecular weight is 281 g/mol. The van der Waals surface area contributed by atoms with Gasteiger partial charge in [0.2, 0.25) is 5.24 Å². The summed E-state index contributed by atoms with van der Waals surface area (Å²) in [7, 11) is 0. The van der Waals surface area contributed by atoms with Crippen LogP contribution in [0.3, 0.4) is 0 Å². The lowest BCUT2D eigenvalue weighted by atomic mass is 10.0. The van der Waals surface area contributed by atoms with Crippen LogP contribution in [0, 0.1) is 0 Å². The highest BCUT2D eigenvalue weighted by Crippen LogP contribution is 2.38. The van der Waals surface area contributed by atoms with E-state index in [1.165, 1.54) is 0 Å². The van der Waals surface area contributed by atoms with Crippen LogP contribution < -0.4 is 0 Å². The van der Waals surface area contributed by atoms with Crippen molar-refractivity contribution in [3.05, 3.63) is 72.3 Å². The number of carbonyl (C=O) groups is 1. The van der Waals surface area contributed by atoms with Crippen molar-refractivity contribution in [1.29, 1.82) is 0 Å². The second-order valence-electron chi connectivity index (χ2n) is 4.72. The van der Waals surface area contributed by atoms with E-state index in [9.17, 15) is 4.79 Å². The molecule has 98 valence electrons. The van der Waals surface area contributed by atoms with Crippen molar-refractivity contribution in [1.82, 2.24) is 0 Å². The molecule has 3 rings (SSSR count). The fraction of sp³-hybridized carbons (Fsp3) is 0.0556. The molecule has 20 heavy (non-hydrogen) atoms. The molecular weight excluding hydrogens is 268 g/mol. The van der Waals surface area contributed by atoms with E-state index in [1.807, 2.05) is 42.5 Å². The smallest absolute Gasteiger partial charge is 0.226 e. The molecule has 0 bridgehead atoms.